The quantitative estimate of drug-likeness (QED) is 0.886. The molecule has 19 heavy (non-hydrogen) atoms. The van der Waals surface area contributed by atoms with Gasteiger partial charge in [-0.15, -0.1) is 0 Å². The molecule has 102 valence electrons. The molecule has 0 aliphatic heterocycles. The van der Waals surface area contributed by atoms with Crippen molar-refractivity contribution in [1.82, 2.24) is 5.32 Å². The molecule has 1 aliphatic carbocycles. The number of halogens is 2. The first-order valence-corrected chi connectivity index (χ1v) is 7.08. The van der Waals surface area contributed by atoms with Gasteiger partial charge in [0.2, 0.25) is 0 Å². The van der Waals surface area contributed by atoms with E-state index in [0.717, 1.165) is 24.0 Å². The summed E-state index contributed by atoms with van der Waals surface area (Å²) in [7, 11) is 0. The van der Waals surface area contributed by atoms with E-state index in [9.17, 15) is 4.39 Å². The maximum Gasteiger partial charge on any atom is 0.184 e. The summed E-state index contributed by atoms with van der Waals surface area (Å²) < 4.78 is 19.8. The molecule has 1 heterocycles. The Labute approximate surface area is 116 Å². The molecule has 4 heteroatoms. The Bertz CT molecular complexity index is 616. The van der Waals surface area contributed by atoms with Crippen LogP contribution in [-0.2, 0) is 6.54 Å². The van der Waals surface area contributed by atoms with E-state index in [-0.39, 0.29) is 5.02 Å². The Morgan fingerprint density at radius 1 is 1.42 bits per heavy atom. The van der Waals surface area contributed by atoms with E-state index >= 15 is 0 Å². The first-order chi connectivity index (χ1) is 9.08. The van der Waals surface area contributed by atoms with Gasteiger partial charge in [0.05, 0.1) is 11.6 Å². The molecule has 0 radical (unpaired) electrons. The highest BCUT2D eigenvalue weighted by molar-refractivity contribution is 6.31. The highest BCUT2D eigenvalue weighted by atomic mass is 35.5. The zero-order valence-electron chi connectivity index (χ0n) is 11.1. The van der Waals surface area contributed by atoms with Crippen molar-refractivity contribution in [2.24, 2.45) is 0 Å². The molecule has 0 spiro atoms. The summed E-state index contributed by atoms with van der Waals surface area (Å²) in [4.78, 5) is 0. The van der Waals surface area contributed by atoms with Crippen LogP contribution in [0.5, 0.6) is 0 Å². The van der Waals surface area contributed by atoms with Crippen LogP contribution in [0, 0.1) is 5.82 Å². The lowest BCUT2D eigenvalue weighted by atomic mass is 10.1. The van der Waals surface area contributed by atoms with Crippen LogP contribution in [0.3, 0.4) is 0 Å². The molecule has 0 amide bonds. The van der Waals surface area contributed by atoms with Crippen LogP contribution in [0.1, 0.15) is 43.9 Å². The van der Waals surface area contributed by atoms with E-state index in [0.29, 0.717) is 24.1 Å². The zero-order valence-corrected chi connectivity index (χ0v) is 11.9. The van der Waals surface area contributed by atoms with Crippen molar-refractivity contribution < 1.29 is 8.81 Å². The second-order valence-electron chi connectivity index (χ2n) is 5.49. The summed E-state index contributed by atoms with van der Waals surface area (Å²) in [6.07, 6.45) is 2.32. The van der Waals surface area contributed by atoms with Crippen LogP contribution in [0.4, 0.5) is 4.39 Å². The Morgan fingerprint density at radius 2 is 2.16 bits per heavy atom. The lowest BCUT2D eigenvalue weighted by Gasteiger charge is -2.07. The third-order valence-corrected chi connectivity index (χ3v) is 3.81. The standard InChI is InChI=1S/C15H17ClFNO/c1-8(2)18-7-12-13(9-3-4-9)10-5-6-11(16)14(17)15(10)19-12/h5-6,8-9,18H,3-4,7H2,1-2H3. The highest BCUT2D eigenvalue weighted by Gasteiger charge is 2.31. The number of hydrogen-bond donors (Lipinski definition) is 1. The van der Waals surface area contributed by atoms with Gasteiger partial charge >= 0.3 is 0 Å². The molecule has 0 bridgehead atoms. The van der Waals surface area contributed by atoms with Crippen molar-refractivity contribution in [3.8, 4) is 0 Å². The van der Waals surface area contributed by atoms with E-state index in [1.165, 1.54) is 5.56 Å². The van der Waals surface area contributed by atoms with Gasteiger partial charge in [-0.25, -0.2) is 4.39 Å². The maximum atomic E-state index is 14.0. The molecule has 1 aliphatic rings. The number of furan rings is 1. The van der Waals surface area contributed by atoms with E-state index in [2.05, 4.69) is 19.2 Å². The first kappa shape index (κ1) is 12.9. The summed E-state index contributed by atoms with van der Waals surface area (Å²) in [5.74, 6) is 0.926. The predicted molar refractivity (Wildman–Crippen MR) is 75.1 cm³/mol. The topological polar surface area (TPSA) is 25.2 Å². The second-order valence-corrected chi connectivity index (χ2v) is 5.89. The summed E-state index contributed by atoms with van der Waals surface area (Å²) in [5, 5.41) is 4.33. The number of fused-ring (bicyclic) bond motifs is 1. The van der Waals surface area contributed by atoms with E-state index < -0.39 is 5.82 Å². The van der Waals surface area contributed by atoms with Crippen LogP contribution in [0.15, 0.2) is 16.5 Å². The molecule has 1 fully saturated rings. The fraction of sp³-hybridized carbons (Fsp3) is 0.467. The van der Waals surface area contributed by atoms with E-state index in [4.69, 9.17) is 16.0 Å². The van der Waals surface area contributed by atoms with Crippen LogP contribution >= 0.6 is 11.6 Å². The average Bonchev–Trinajstić information content (AvgIpc) is 3.13. The maximum absolute atomic E-state index is 14.0. The van der Waals surface area contributed by atoms with Crippen molar-refractivity contribution >= 4 is 22.6 Å². The molecule has 1 N–H and O–H groups in total. The number of nitrogens with one attached hydrogen (secondary N) is 1. The summed E-state index contributed by atoms with van der Waals surface area (Å²) in [6.45, 7) is 4.79. The molecule has 1 saturated carbocycles. The van der Waals surface area contributed by atoms with Gasteiger partial charge in [-0.1, -0.05) is 25.4 Å². The molecule has 2 nitrogen and oxygen atoms in total. The smallest absolute Gasteiger partial charge is 0.184 e. The minimum atomic E-state index is -0.447. The molecule has 1 aromatic heterocycles. The van der Waals surface area contributed by atoms with Gasteiger partial charge in [0.15, 0.2) is 11.4 Å². The normalized spacial score (nSPS) is 15.6. The zero-order chi connectivity index (χ0) is 13.6. The van der Waals surface area contributed by atoms with Gasteiger partial charge in [-0.3, -0.25) is 0 Å². The Kier molecular flexibility index (Phi) is 3.27. The molecular weight excluding hydrogens is 265 g/mol. The van der Waals surface area contributed by atoms with Crippen molar-refractivity contribution in [2.75, 3.05) is 0 Å². The lowest BCUT2D eigenvalue weighted by molar-refractivity contribution is 0.472. The van der Waals surface area contributed by atoms with Gasteiger partial charge in [0.1, 0.15) is 5.76 Å². The second kappa shape index (κ2) is 4.80. The van der Waals surface area contributed by atoms with E-state index in [1.807, 2.05) is 6.07 Å². The SMILES string of the molecule is CC(C)NCc1oc2c(F)c(Cl)ccc2c1C1CC1. The van der Waals surface area contributed by atoms with Crippen molar-refractivity contribution in [1.29, 1.82) is 0 Å². The van der Waals surface area contributed by atoms with Crippen LogP contribution in [0.2, 0.25) is 5.02 Å². The van der Waals surface area contributed by atoms with Crippen LogP contribution < -0.4 is 5.32 Å². The van der Waals surface area contributed by atoms with Gasteiger partial charge in [0.25, 0.3) is 0 Å². The molecule has 0 unspecified atom stereocenters. The van der Waals surface area contributed by atoms with Crippen molar-refractivity contribution in [2.45, 2.75) is 45.2 Å². The molecule has 0 saturated heterocycles. The fourth-order valence-electron chi connectivity index (χ4n) is 2.42. The van der Waals surface area contributed by atoms with Crippen LogP contribution in [-0.4, -0.2) is 6.04 Å². The lowest BCUT2D eigenvalue weighted by Crippen LogP contribution is -2.22. The highest BCUT2D eigenvalue weighted by Crippen LogP contribution is 2.47. The predicted octanol–water partition coefficient (Wildman–Crippen LogP) is 4.60. The Balaban J connectivity index is 2.09. The monoisotopic (exact) mass is 281 g/mol. The molecule has 2 aromatic rings. The largest absolute Gasteiger partial charge is 0.456 e. The van der Waals surface area contributed by atoms with Gasteiger partial charge in [-0.05, 0) is 30.9 Å². The minimum absolute atomic E-state index is 0.118. The molecular formula is C15H17ClFNO. The first-order valence-electron chi connectivity index (χ1n) is 6.70. The summed E-state index contributed by atoms with van der Waals surface area (Å²) >= 11 is 5.82. The Morgan fingerprint density at radius 3 is 2.79 bits per heavy atom. The third-order valence-electron chi connectivity index (χ3n) is 3.52. The van der Waals surface area contributed by atoms with Crippen molar-refractivity contribution in [3.05, 3.63) is 34.3 Å². The Hall–Kier alpha value is -1.06. The number of rotatable bonds is 4. The van der Waals surface area contributed by atoms with Crippen molar-refractivity contribution in [3.63, 3.8) is 0 Å². The fourth-order valence-corrected chi connectivity index (χ4v) is 2.57. The summed E-state index contributed by atoms with van der Waals surface area (Å²) in [6, 6.07) is 3.85. The van der Waals surface area contributed by atoms with Crippen LogP contribution in [0.25, 0.3) is 11.0 Å². The molecule has 3 rings (SSSR count). The van der Waals surface area contributed by atoms with Gasteiger partial charge in [0, 0.05) is 17.0 Å². The third kappa shape index (κ3) is 2.37. The minimum Gasteiger partial charge on any atom is -0.456 e. The number of benzene rings is 1. The molecule has 1 aromatic carbocycles. The number of hydrogen-bond acceptors (Lipinski definition) is 2. The van der Waals surface area contributed by atoms with Gasteiger partial charge < -0.3 is 9.73 Å². The summed E-state index contributed by atoms with van der Waals surface area (Å²) in [5.41, 5.74) is 1.47. The molecule has 0 atom stereocenters. The van der Waals surface area contributed by atoms with E-state index in [1.54, 1.807) is 6.07 Å². The van der Waals surface area contributed by atoms with Gasteiger partial charge in [-0.2, -0.15) is 0 Å². The average molecular weight is 282 g/mol.